The number of benzene rings is 3. The SMILES string of the molecule is COc1cc(OC)cc(C(=O)O[C@H](C(=O)Nc2ccc(C)cc2)c2ccccc2)c1. The normalized spacial score (nSPS) is 11.3. The number of ether oxygens (including phenoxy) is 3. The third-order valence-electron chi connectivity index (χ3n) is 4.47. The average Bonchev–Trinajstić information content (AvgIpc) is 2.78. The average molecular weight is 405 g/mol. The molecule has 0 aromatic heterocycles. The monoisotopic (exact) mass is 405 g/mol. The molecule has 0 saturated heterocycles. The van der Waals surface area contributed by atoms with Crippen LogP contribution in [-0.2, 0) is 9.53 Å². The van der Waals surface area contributed by atoms with Crippen molar-refractivity contribution in [1.82, 2.24) is 0 Å². The van der Waals surface area contributed by atoms with Gasteiger partial charge in [0.25, 0.3) is 5.91 Å². The zero-order chi connectivity index (χ0) is 21.5. The Balaban J connectivity index is 1.87. The molecule has 0 saturated carbocycles. The molecular weight excluding hydrogens is 382 g/mol. The highest BCUT2D eigenvalue weighted by Gasteiger charge is 2.26. The quantitative estimate of drug-likeness (QED) is 0.584. The molecule has 0 aliphatic heterocycles. The van der Waals surface area contributed by atoms with Crippen molar-refractivity contribution in [3.05, 3.63) is 89.5 Å². The highest BCUT2D eigenvalue weighted by molar-refractivity contribution is 5.98. The van der Waals surface area contributed by atoms with Gasteiger partial charge in [0.2, 0.25) is 6.10 Å². The molecule has 0 heterocycles. The molecule has 3 aromatic rings. The first-order chi connectivity index (χ1) is 14.5. The Morgan fingerprint density at radius 3 is 2.00 bits per heavy atom. The standard InChI is InChI=1S/C24H23NO5/c1-16-9-11-19(12-10-16)25-23(26)22(17-7-5-4-6-8-17)30-24(27)18-13-20(28-2)15-21(14-18)29-3/h4-15,22H,1-3H3,(H,25,26)/t22-/m0/s1. The van der Waals surface area contributed by atoms with Gasteiger partial charge >= 0.3 is 5.97 Å². The van der Waals surface area contributed by atoms with Gasteiger partial charge in [-0.25, -0.2) is 4.79 Å². The molecule has 0 unspecified atom stereocenters. The molecule has 1 atom stereocenters. The summed E-state index contributed by atoms with van der Waals surface area (Å²) < 4.78 is 16.0. The first-order valence-electron chi connectivity index (χ1n) is 9.36. The van der Waals surface area contributed by atoms with E-state index in [9.17, 15) is 9.59 Å². The van der Waals surface area contributed by atoms with Gasteiger partial charge < -0.3 is 19.5 Å². The third-order valence-corrected chi connectivity index (χ3v) is 4.47. The molecule has 1 amide bonds. The fourth-order valence-corrected chi connectivity index (χ4v) is 2.85. The topological polar surface area (TPSA) is 73.9 Å². The maximum atomic E-state index is 13.0. The van der Waals surface area contributed by atoms with Crippen LogP contribution in [0, 0.1) is 6.92 Å². The van der Waals surface area contributed by atoms with Crippen molar-refractivity contribution in [3.8, 4) is 11.5 Å². The lowest BCUT2D eigenvalue weighted by Gasteiger charge is -2.18. The molecule has 0 fully saturated rings. The van der Waals surface area contributed by atoms with Gasteiger partial charge in [0.15, 0.2) is 0 Å². The second kappa shape index (κ2) is 9.60. The van der Waals surface area contributed by atoms with E-state index in [0.717, 1.165) is 5.56 Å². The number of hydrogen-bond donors (Lipinski definition) is 1. The lowest BCUT2D eigenvalue weighted by atomic mass is 10.1. The van der Waals surface area contributed by atoms with Crippen LogP contribution in [0.4, 0.5) is 5.69 Å². The number of amides is 1. The predicted molar refractivity (Wildman–Crippen MR) is 114 cm³/mol. The van der Waals surface area contributed by atoms with Gasteiger partial charge in [-0.15, -0.1) is 0 Å². The minimum absolute atomic E-state index is 0.218. The molecule has 0 bridgehead atoms. The second-order valence-corrected chi connectivity index (χ2v) is 6.65. The van der Waals surface area contributed by atoms with Crippen molar-refractivity contribution >= 4 is 17.6 Å². The molecule has 0 radical (unpaired) electrons. The van der Waals surface area contributed by atoms with Gasteiger partial charge in [-0.3, -0.25) is 4.79 Å². The summed E-state index contributed by atoms with van der Waals surface area (Å²) in [6.07, 6.45) is -1.13. The molecule has 0 aliphatic carbocycles. The van der Waals surface area contributed by atoms with Crippen LogP contribution in [-0.4, -0.2) is 26.1 Å². The van der Waals surface area contributed by atoms with E-state index in [2.05, 4.69) is 5.32 Å². The third kappa shape index (κ3) is 5.17. The summed E-state index contributed by atoms with van der Waals surface area (Å²) in [4.78, 5) is 25.8. The minimum atomic E-state index is -1.13. The van der Waals surface area contributed by atoms with Crippen LogP contribution in [0.25, 0.3) is 0 Å². The van der Waals surface area contributed by atoms with Gasteiger partial charge in [0.05, 0.1) is 19.8 Å². The van der Waals surface area contributed by atoms with Crippen LogP contribution in [0.3, 0.4) is 0 Å². The van der Waals surface area contributed by atoms with E-state index in [0.29, 0.717) is 22.7 Å². The molecule has 0 aliphatic rings. The van der Waals surface area contributed by atoms with Crippen LogP contribution in [0.15, 0.2) is 72.8 Å². The van der Waals surface area contributed by atoms with E-state index < -0.39 is 18.0 Å². The van der Waals surface area contributed by atoms with E-state index in [1.54, 1.807) is 42.5 Å². The number of hydrogen-bond acceptors (Lipinski definition) is 5. The molecule has 3 rings (SSSR count). The summed E-state index contributed by atoms with van der Waals surface area (Å²) in [7, 11) is 2.98. The zero-order valence-electron chi connectivity index (χ0n) is 17.0. The number of nitrogens with one attached hydrogen (secondary N) is 1. The minimum Gasteiger partial charge on any atom is -0.497 e. The van der Waals surface area contributed by atoms with Crippen LogP contribution in [0.1, 0.15) is 27.6 Å². The highest BCUT2D eigenvalue weighted by Crippen LogP contribution is 2.26. The van der Waals surface area contributed by atoms with Crippen molar-refractivity contribution in [3.63, 3.8) is 0 Å². The number of methoxy groups -OCH3 is 2. The van der Waals surface area contributed by atoms with E-state index >= 15 is 0 Å². The summed E-state index contributed by atoms with van der Waals surface area (Å²) in [5.74, 6) is -0.225. The summed E-state index contributed by atoms with van der Waals surface area (Å²) in [5.41, 5.74) is 2.47. The Kier molecular flexibility index (Phi) is 6.70. The van der Waals surface area contributed by atoms with E-state index in [1.807, 2.05) is 25.1 Å². The predicted octanol–water partition coefficient (Wildman–Crippen LogP) is 4.55. The van der Waals surface area contributed by atoms with Gasteiger partial charge in [-0.1, -0.05) is 48.0 Å². The maximum Gasteiger partial charge on any atom is 0.339 e. The Morgan fingerprint density at radius 1 is 0.833 bits per heavy atom. The van der Waals surface area contributed by atoms with Crippen LogP contribution < -0.4 is 14.8 Å². The highest BCUT2D eigenvalue weighted by atomic mass is 16.5. The maximum absolute atomic E-state index is 13.0. The van der Waals surface area contributed by atoms with E-state index in [4.69, 9.17) is 14.2 Å². The molecule has 3 aromatic carbocycles. The van der Waals surface area contributed by atoms with Gasteiger partial charge in [0.1, 0.15) is 11.5 Å². The fraction of sp³-hybridized carbons (Fsp3) is 0.167. The Hall–Kier alpha value is -3.80. The molecule has 30 heavy (non-hydrogen) atoms. The smallest absolute Gasteiger partial charge is 0.339 e. The number of aryl methyl sites for hydroxylation is 1. The molecule has 6 heteroatoms. The summed E-state index contributed by atoms with van der Waals surface area (Å²) in [6.45, 7) is 1.96. The molecule has 1 N–H and O–H groups in total. The summed E-state index contributed by atoms with van der Waals surface area (Å²) in [6, 6.07) is 20.9. The van der Waals surface area contributed by atoms with E-state index in [-0.39, 0.29) is 5.56 Å². The zero-order valence-corrected chi connectivity index (χ0v) is 17.0. The van der Waals surface area contributed by atoms with Crippen molar-refractivity contribution in [2.75, 3.05) is 19.5 Å². The number of carbonyl (C=O) groups excluding carboxylic acids is 2. The van der Waals surface area contributed by atoms with Crippen molar-refractivity contribution < 1.29 is 23.8 Å². The lowest BCUT2D eigenvalue weighted by Crippen LogP contribution is -2.26. The Morgan fingerprint density at radius 2 is 1.43 bits per heavy atom. The first kappa shape index (κ1) is 20.9. The van der Waals surface area contributed by atoms with Crippen LogP contribution >= 0.6 is 0 Å². The second-order valence-electron chi connectivity index (χ2n) is 6.65. The number of esters is 1. The van der Waals surface area contributed by atoms with Crippen LogP contribution in [0.5, 0.6) is 11.5 Å². The summed E-state index contributed by atoms with van der Waals surface area (Å²) >= 11 is 0. The van der Waals surface area contributed by atoms with E-state index in [1.165, 1.54) is 26.4 Å². The largest absolute Gasteiger partial charge is 0.497 e. The van der Waals surface area contributed by atoms with Crippen molar-refractivity contribution in [2.45, 2.75) is 13.0 Å². The van der Waals surface area contributed by atoms with Gasteiger partial charge in [-0.05, 0) is 31.2 Å². The number of rotatable bonds is 7. The fourth-order valence-electron chi connectivity index (χ4n) is 2.85. The Labute approximate surface area is 175 Å². The van der Waals surface area contributed by atoms with Crippen molar-refractivity contribution in [1.29, 1.82) is 0 Å². The van der Waals surface area contributed by atoms with Gasteiger partial charge in [0, 0.05) is 17.3 Å². The van der Waals surface area contributed by atoms with Crippen LogP contribution in [0.2, 0.25) is 0 Å². The first-order valence-corrected chi connectivity index (χ1v) is 9.36. The lowest BCUT2D eigenvalue weighted by molar-refractivity contribution is -0.125. The number of anilines is 1. The molecule has 6 nitrogen and oxygen atoms in total. The van der Waals surface area contributed by atoms with Crippen molar-refractivity contribution in [2.24, 2.45) is 0 Å². The van der Waals surface area contributed by atoms with Gasteiger partial charge in [-0.2, -0.15) is 0 Å². The molecule has 0 spiro atoms. The summed E-state index contributed by atoms with van der Waals surface area (Å²) in [5, 5.41) is 2.80. The Bertz CT molecular complexity index is 993. The molecular formula is C24H23NO5. The molecule has 154 valence electrons. The number of carbonyl (C=O) groups is 2.